The molecule has 0 unspecified atom stereocenters. The monoisotopic (exact) mass is 267 g/mol. The molecule has 6 heteroatoms. The number of benzene rings is 1. The van der Waals surface area contributed by atoms with E-state index in [0.29, 0.717) is 21.4 Å². The number of nitrogens with one attached hydrogen (secondary N) is 1. The number of aryl methyl sites for hydroxylation is 1. The molecule has 17 heavy (non-hydrogen) atoms. The van der Waals surface area contributed by atoms with Crippen molar-refractivity contribution in [1.82, 2.24) is 4.98 Å². The summed E-state index contributed by atoms with van der Waals surface area (Å²) >= 11 is 7.20. The number of halogens is 1. The first-order chi connectivity index (χ1) is 8.04. The minimum absolute atomic E-state index is 0.270. The van der Waals surface area contributed by atoms with Gasteiger partial charge < -0.3 is 5.73 Å². The van der Waals surface area contributed by atoms with Crippen LogP contribution in [-0.2, 0) is 0 Å². The molecule has 4 nitrogen and oxygen atoms in total. The van der Waals surface area contributed by atoms with E-state index >= 15 is 0 Å². The Morgan fingerprint density at radius 3 is 2.82 bits per heavy atom. The fourth-order valence-electron chi connectivity index (χ4n) is 1.32. The largest absolute Gasteiger partial charge is 0.399 e. The number of carbonyl (C=O) groups is 1. The number of nitrogen functional groups attached to an aromatic ring is 1. The van der Waals surface area contributed by atoms with E-state index in [0.717, 1.165) is 5.69 Å². The lowest BCUT2D eigenvalue weighted by atomic mass is 10.2. The molecule has 0 saturated heterocycles. The lowest BCUT2D eigenvalue weighted by Crippen LogP contribution is -2.12. The molecule has 2 aromatic rings. The lowest BCUT2D eigenvalue weighted by molar-refractivity contribution is 0.102. The summed E-state index contributed by atoms with van der Waals surface area (Å²) in [7, 11) is 0. The molecule has 0 bridgehead atoms. The number of hydrogen-bond acceptors (Lipinski definition) is 4. The van der Waals surface area contributed by atoms with Crippen molar-refractivity contribution >= 4 is 39.7 Å². The van der Waals surface area contributed by atoms with Gasteiger partial charge in [-0.1, -0.05) is 11.6 Å². The van der Waals surface area contributed by atoms with Crippen LogP contribution >= 0.6 is 22.9 Å². The molecule has 0 aliphatic carbocycles. The molecule has 3 N–H and O–H groups in total. The molecule has 1 aromatic carbocycles. The van der Waals surface area contributed by atoms with Crippen LogP contribution < -0.4 is 11.1 Å². The predicted molar refractivity (Wildman–Crippen MR) is 70.7 cm³/mol. The SMILES string of the molecule is Cc1csc(NC(=O)c2cc(N)cc(Cl)c2)n1. The summed E-state index contributed by atoms with van der Waals surface area (Å²) in [5.41, 5.74) is 7.36. The van der Waals surface area contributed by atoms with Gasteiger partial charge in [-0.25, -0.2) is 4.98 Å². The zero-order valence-corrected chi connectivity index (χ0v) is 10.6. The zero-order valence-electron chi connectivity index (χ0n) is 9.03. The Morgan fingerprint density at radius 2 is 2.24 bits per heavy atom. The molecule has 1 aromatic heterocycles. The fraction of sp³-hybridized carbons (Fsp3) is 0.0909. The topological polar surface area (TPSA) is 68.0 Å². The van der Waals surface area contributed by atoms with Crippen LogP contribution in [0.1, 0.15) is 16.1 Å². The third kappa shape index (κ3) is 2.95. The van der Waals surface area contributed by atoms with Gasteiger partial charge in [0.1, 0.15) is 0 Å². The second kappa shape index (κ2) is 4.73. The molecule has 88 valence electrons. The predicted octanol–water partition coefficient (Wildman–Crippen LogP) is 2.94. The molecular formula is C11H10ClN3OS. The Hall–Kier alpha value is -1.59. The average molecular weight is 268 g/mol. The second-order valence-electron chi connectivity index (χ2n) is 3.52. The third-order valence-corrected chi connectivity index (χ3v) is 3.12. The van der Waals surface area contributed by atoms with Crippen molar-refractivity contribution in [1.29, 1.82) is 0 Å². The summed E-state index contributed by atoms with van der Waals surface area (Å²) in [5, 5.41) is 5.55. The maximum absolute atomic E-state index is 11.9. The molecule has 0 spiro atoms. The number of nitrogens with zero attached hydrogens (tertiary/aromatic N) is 1. The van der Waals surface area contributed by atoms with E-state index in [1.807, 2.05) is 12.3 Å². The first-order valence-electron chi connectivity index (χ1n) is 4.84. The smallest absolute Gasteiger partial charge is 0.257 e. The highest BCUT2D eigenvalue weighted by Gasteiger charge is 2.09. The lowest BCUT2D eigenvalue weighted by Gasteiger charge is -2.03. The molecule has 1 amide bonds. The van der Waals surface area contributed by atoms with Gasteiger partial charge in [-0.2, -0.15) is 0 Å². The van der Waals surface area contributed by atoms with E-state index in [2.05, 4.69) is 10.3 Å². The molecule has 2 rings (SSSR count). The van der Waals surface area contributed by atoms with Crippen molar-refractivity contribution in [2.45, 2.75) is 6.92 Å². The molecule has 0 fully saturated rings. The first kappa shape index (κ1) is 11.9. The minimum atomic E-state index is -0.270. The fourth-order valence-corrected chi connectivity index (χ4v) is 2.25. The van der Waals surface area contributed by atoms with Gasteiger partial charge in [0.2, 0.25) is 0 Å². The van der Waals surface area contributed by atoms with Crippen LogP contribution in [0.3, 0.4) is 0 Å². The summed E-state index contributed by atoms with van der Waals surface area (Å²) in [6.07, 6.45) is 0. The van der Waals surface area contributed by atoms with Crippen LogP contribution in [0.2, 0.25) is 5.02 Å². The number of carbonyl (C=O) groups excluding carboxylic acids is 1. The van der Waals surface area contributed by atoms with E-state index in [1.165, 1.54) is 11.3 Å². The van der Waals surface area contributed by atoms with Crippen LogP contribution in [0.25, 0.3) is 0 Å². The van der Waals surface area contributed by atoms with Crippen LogP contribution in [0.5, 0.6) is 0 Å². The van der Waals surface area contributed by atoms with Crippen LogP contribution in [0.4, 0.5) is 10.8 Å². The zero-order chi connectivity index (χ0) is 12.4. The molecular weight excluding hydrogens is 258 g/mol. The summed E-state index contributed by atoms with van der Waals surface area (Å²) in [5.74, 6) is -0.270. The maximum atomic E-state index is 11.9. The van der Waals surface area contributed by atoms with Crippen LogP contribution in [-0.4, -0.2) is 10.9 Å². The van der Waals surface area contributed by atoms with Gasteiger partial charge in [-0.05, 0) is 25.1 Å². The summed E-state index contributed by atoms with van der Waals surface area (Å²) in [4.78, 5) is 16.0. The van der Waals surface area contributed by atoms with E-state index in [1.54, 1.807) is 18.2 Å². The highest BCUT2D eigenvalue weighted by molar-refractivity contribution is 7.13. The van der Waals surface area contributed by atoms with E-state index in [4.69, 9.17) is 17.3 Å². The van der Waals surface area contributed by atoms with E-state index in [9.17, 15) is 4.79 Å². The van der Waals surface area contributed by atoms with E-state index < -0.39 is 0 Å². The minimum Gasteiger partial charge on any atom is -0.399 e. The Balaban J connectivity index is 2.19. The highest BCUT2D eigenvalue weighted by atomic mass is 35.5. The quantitative estimate of drug-likeness (QED) is 0.822. The molecule has 1 heterocycles. The Bertz CT molecular complexity index is 547. The van der Waals surface area contributed by atoms with Crippen molar-refractivity contribution in [3.63, 3.8) is 0 Å². The second-order valence-corrected chi connectivity index (χ2v) is 4.82. The van der Waals surface area contributed by atoms with Crippen molar-refractivity contribution in [3.05, 3.63) is 39.9 Å². The molecule has 0 radical (unpaired) electrons. The molecule has 0 saturated carbocycles. The van der Waals surface area contributed by atoms with Gasteiger partial charge in [-0.15, -0.1) is 11.3 Å². The summed E-state index contributed by atoms with van der Waals surface area (Å²) in [6, 6.07) is 4.72. The van der Waals surface area contributed by atoms with E-state index in [-0.39, 0.29) is 5.91 Å². The molecule has 0 aliphatic rings. The number of hydrogen-bond donors (Lipinski definition) is 2. The van der Waals surface area contributed by atoms with Gasteiger partial charge in [-0.3, -0.25) is 10.1 Å². The normalized spacial score (nSPS) is 10.2. The maximum Gasteiger partial charge on any atom is 0.257 e. The number of thiazole rings is 1. The Kier molecular flexibility index (Phi) is 3.31. The highest BCUT2D eigenvalue weighted by Crippen LogP contribution is 2.19. The van der Waals surface area contributed by atoms with Crippen LogP contribution in [0, 0.1) is 6.92 Å². The van der Waals surface area contributed by atoms with Gasteiger partial charge in [0.05, 0.1) is 5.69 Å². The van der Waals surface area contributed by atoms with Crippen molar-refractivity contribution in [3.8, 4) is 0 Å². The van der Waals surface area contributed by atoms with Crippen molar-refractivity contribution in [2.75, 3.05) is 11.1 Å². The summed E-state index contributed by atoms with van der Waals surface area (Å²) in [6.45, 7) is 1.86. The number of aromatic nitrogens is 1. The number of rotatable bonds is 2. The van der Waals surface area contributed by atoms with Gasteiger partial charge >= 0.3 is 0 Å². The Labute approximate surface area is 107 Å². The van der Waals surface area contributed by atoms with Gasteiger partial charge in [0.15, 0.2) is 5.13 Å². The number of anilines is 2. The van der Waals surface area contributed by atoms with Crippen LogP contribution in [0.15, 0.2) is 23.6 Å². The van der Waals surface area contributed by atoms with Gasteiger partial charge in [0, 0.05) is 21.7 Å². The van der Waals surface area contributed by atoms with Crippen molar-refractivity contribution < 1.29 is 4.79 Å². The third-order valence-electron chi connectivity index (χ3n) is 2.02. The van der Waals surface area contributed by atoms with Crippen molar-refractivity contribution in [2.24, 2.45) is 0 Å². The molecule has 0 atom stereocenters. The summed E-state index contributed by atoms with van der Waals surface area (Å²) < 4.78 is 0. The standard InChI is InChI=1S/C11H10ClN3OS/c1-6-5-17-11(14-6)15-10(16)7-2-8(12)4-9(13)3-7/h2-5H,13H2,1H3,(H,14,15,16). The molecule has 0 aliphatic heterocycles. The first-order valence-corrected chi connectivity index (χ1v) is 6.10. The number of nitrogens with two attached hydrogens (primary N) is 1. The average Bonchev–Trinajstić information content (AvgIpc) is 2.62. The van der Waals surface area contributed by atoms with Gasteiger partial charge in [0.25, 0.3) is 5.91 Å². The number of amides is 1. The Morgan fingerprint density at radius 1 is 1.47 bits per heavy atom.